The number of hydrogen-bond acceptors (Lipinski definition) is 5. The molecule has 6 atom stereocenters. The average Bonchev–Trinajstić information content (AvgIpc) is 3.41. The predicted octanol–water partition coefficient (Wildman–Crippen LogP) is 3.42. The second-order valence-corrected chi connectivity index (χ2v) is 10.9. The number of nitrogens with zero attached hydrogens (tertiary/aromatic N) is 1. The summed E-state index contributed by atoms with van der Waals surface area (Å²) < 4.78 is 6.68. The maximum atomic E-state index is 13.9. The van der Waals surface area contributed by atoms with Crippen molar-refractivity contribution in [2.75, 3.05) is 23.8 Å². The minimum atomic E-state index is -1.17. The van der Waals surface area contributed by atoms with Crippen LogP contribution in [0.15, 0.2) is 72.8 Å². The number of rotatable bonds is 6. The van der Waals surface area contributed by atoms with Crippen LogP contribution in [0.25, 0.3) is 10.8 Å². The number of para-hydroxylation sites is 1. The smallest absolute Gasteiger partial charge is 0.250 e. The fraction of sp³-hybridized carbons (Fsp3) is 0.367. The van der Waals surface area contributed by atoms with Crippen LogP contribution in [0.2, 0.25) is 0 Å². The van der Waals surface area contributed by atoms with E-state index in [2.05, 4.69) is 10.6 Å². The number of ether oxygens (including phenoxy) is 1. The number of nitrogens with one attached hydrogen (secondary N) is 2. The SMILES string of the molecule is CC1CC23O[C@@]1(C)[C@H](C(=O)Nc1ccccc1)[C@H]2C(=O)N(CCO)C3C(=O)Nc1ccc2ccccc2c1. The van der Waals surface area contributed by atoms with Gasteiger partial charge in [-0.15, -0.1) is 0 Å². The molecule has 2 bridgehead atoms. The molecule has 0 aliphatic carbocycles. The predicted molar refractivity (Wildman–Crippen MR) is 143 cm³/mol. The number of carbonyl (C=O) groups excluding carboxylic acids is 3. The molecule has 3 aliphatic heterocycles. The van der Waals surface area contributed by atoms with Crippen molar-refractivity contribution < 1.29 is 24.2 Å². The van der Waals surface area contributed by atoms with Crippen molar-refractivity contribution in [2.24, 2.45) is 17.8 Å². The van der Waals surface area contributed by atoms with E-state index in [9.17, 15) is 19.5 Å². The van der Waals surface area contributed by atoms with Crippen molar-refractivity contribution >= 4 is 39.9 Å². The summed E-state index contributed by atoms with van der Waals surface area (Å²) in [5, 5.41) is 17.8. The molecule has 3 aliphatic rings. The highest BCUT2D eigenvalue weighted by Gasteiger charge is 2.79. The zero-order valence-electron chi connectivity index (χ0n) is 21.4. The summed E-state index contributed by atoms with van der Waals surface area (Å²) in [6, 6.07) is 21.6. The zero-order valence-corrected chi connectivity index (χ0v) is 21.4. The first kappa shape index (κ1) is 24.6. The number of fused-ring (bicyclic) bond motifs is 2. The highest BCUT2D eigenvalue weighted by molar-refractivity contribution is 6.06. The van der Waals surface area contributed by atoms with Crippen LogP contribution >= 0.6 is 0 Å². The lowest BCUT2D eigenvalue weighted by atomic mass is 9.62. The molecule has 3 fully saturated rings. The number of likely N-dealkylation sites (tertiary alicyclic amines) is 1. The summed E-state index contributed by atoms with van der Waals surface area (Å²) in [7, 11) is 0. The van der Waals surface area contributed by atoms with Crippen LogP contribution in [0.5, 0.6) is 0 Å². The van der Waals surface area contributed by atoms with E-state index in [-0.39, 0.29) is 36.8 Å². The first-order chi connectivity index (χ1) is 18.3. The van der Waals surface area contributed by atoms with Gasteiger partial charge in [0.05, 0.1) is 24.0 Å². The number of carbonyl (C=O) groups is 3. The lowest BCUT2D eigenvalue weighted by Crippen LogP contribution is -2.54. The summed E-state index contributed by atoms with van der Waals surface area (Å²) >= 11 is 0. The van der Waals surface area contributed by atoms with E-state index in [0.717, 1.165) is 10.8 Å². The summed E-state index contributed by atoms with van der Waals surface area (Å²) in [4.78, 5) is 42.9. The largest absolute Gasteiger partial charge is 0.395 e. The number of anilines is 2. The van der Waals surface area contributed by atoms with Crippen molar-refractivity contribution in [3.8, 4) is 0 Å². The van der Waals surface area contributed by atoms with E-state index in [1.807, 2.05) is 74.5 Å². The second-order valence-electron chi connectivity index (χ2n) is 10.9. The van der Waals surface area contributed by atoms with Crippen LogP contribution < -0.4 is 10.6 Å². The Morgan fingerprint density at radius 1 is 0.974 bits per heavy atom. The Hall–Kier alpha value is -3.75. The van der Waals surface area contributed by atoms with Crippen LogP contribution in [-0.2, 0) is 19.1 Å². The molecule has 0 radical (unpaired) electrons. The van der Waals surface area contributed by atoms with Crippen LogP contribution in [0.4, 0.5) is 11.4 Å². The van der Waals surface area contributed by atoms with Gasteiger partial charge in [0.1, 0.15) is 11.6 Å². The fourth-order valence-electron chi connectivity index (χ4n) is 7.01. The molecule has 196 valence electrons. The van der Waals surface area contributed by atoms with Crippen molar-refractivity contribution in [3.63, 3.8) is 0 Å². The number of β-amino-alcohol motifs (C(OH)–C–C–N with tert-alkyl or cyclic N) is 1. The normalized spacial score (nSPS) is 31.4. The lowest BCUT2D eigenvalue weighted by molar-refractivity contribution is -0.144. The Labute approximate surface area is 221 Å². The van der Waals surface area contributed by atoms with Gasteiger partial charge >= 0.3 is 0 Å². The number of aliphatic hydroxyl groups excluding tert-OH is 1. The molecule has 0 saturated carbocycles. The number of amides is 3. The Kier molecular flexibility index (Phi) is 5.77. The monoisotopic (exact) mass is 513 g/mol. The molecule has 1 spiro atoms. The molecule has 3 aromatic carbocycles. The summed E-state index contributed by atoms with van der Waals surface area (Å²) in [6.45, 7) is 3.56. The molecule has 3 heterocycles. The molecule has 8 heteroatoms. The van der Waals surface area contributed by atoms with Crippen LogP contribution in [0, 0.1) is 17.8 Å². The number of benzene rings is 3. The van der Waals surface area contributed by atoms with E-state index in [4.69, 9.17) is 4.74 Å². The van der Waals surface area contributed by atoms with E-state index >= 15 is 0 Å². The fourth-order valence-corrected chi connectivity index (χ4v) is 7.01. The Morgan fingerprint density at radius 3 is 2.39 bits per heavy atom. The molecule has 0 aromatic heterocycles. The standard InChI is InChI=1S/C30H31N3O5/c1-18-17-30-24(23(29(18,2)38-30)26(35)31-21-10-4-3-5-11-21)28(37)33(14-15-34)25(30)27(36)32-22-13-12-19-8-6-7-9-20(19)16-22/h3-13,16,18,23-25,34H,14-15,17H2,1-2H3,(H,31,35)(H,32,36)/t18?,23-,24-,25?,29+,30?/m0/s1. The molecule has 3 saturated heterocycles. The highest BCUT2D eigenvalue weighted by atomic mass is 16.5. The van der Waals surface area contributed by atoms with E-state index in [0.29, 0.717) is 17.8 Å². The Morgan fingerprint density at radius 2 is 1.66 bits per heavy atom. The highest BCUT2D eigenvalue weighted by Crippen LogP contribution is 2.65. The molecule has 3 aromatic rings. The van der Waals surface area contributed by atoms with Gasteiger partial charge in [-0.05, 0) is 54.3 Å². The molecule has 3 N–H and O–H groups in total. The van der Waals surface area contributed by atoms with Crippen molar-refractivity contribution in [3.05, 3.63) is 72.8 Å². The molecular weight excluding hydrogens is 482 g/mol. The third-order valence-electron chi connectivity index (χ3n) is 8.74. The van der Waals surface area contributed by atoms with Gasteiger partial charge in [0.2, 0.25) is 17.7 Å². The molecule has 3 amide bonds. The van der Waals surface area contributed by atoms with Crippen molar-refractivity contribution in [2.45, 2.75) is 37.5 Å². The third kappa shape index (κ3) is 3.55. The lowest BCUT2D eigenvalue weighted by Gasteiger charge is -2.36. The van der Waals surface area contributed by atoms with E-state index < -0.39 is 29.1 Å². The third-order valence-corrected chi connectivity index (χ3v) is 8.74. The van der Waals surface area contributed by atoms with Gasteiger partial charge < -0.3 is 25.4 Å². The first-order valence-electron chi connectivity index (χ1n) is 13.1. The van der Waals surface area contributed by atoms with Gasteiger partial charge in [-0.1, -0.05) is 55.5 Å². The summed E-state index contributed by atoms with van der Waals surface area (Å²) in [6.07, 6.45) is 0.465. The topological polar surface area (TPSA) is 108 Å². The molecule has 3 unspecified atom stereocenters. The zero-order chi connectivity index (χ0) is 26.7. The minimum Gasteiger partial charge on any atom is -0.395 e. The van der Waals surface area contributed by atoms with E-state index in [1.165, 1.54) is 4.90 Å². The maximum absolute atomic E-state index is 13.9. The Balaban J connectivity index is 1.36. The van der Waals surface area contributed by atoms with Crippen LogP contribution in [0.3, 0.4) is 0 Å². The quantitative estimate of drug-likeness (QED) is 0.468. The molecule has 6 rings (SSSR count). The molecule has 8 nitrogen and oxygen atoms in total. The number of hydrogen-bond donors (Lipinski definition) is 3. The van der Waals surface area contributed by atoms with E-state index in [1.54, 1.807) is 12.1 Å². The molecular formula is C30H31N3O5. The van der Waals surface area contributed by atoms with Crippen LogP contribution in [-0.4, -0.2) is 58.1 Å². The van der Waals surface area contributed by atoms with Gasteiger partial charge in [0.25, 0.3) is 0 Å². The van der Waals surface area contributed by atoms with Crippen molar-refractivity contribution in [1.29, 1.82) is 0 Å². The summed E-state index contributed by atoms with van der Waals surface area (Å²) in [5.74, 6) is -2.69. The van der Waals surface area contributed by atoms with Gasteiger partial charge in [-0.25, -0.2) is 0 Å². The number of aliphatic hydroxyl groups is 1. The van der Waals surface area contributed by atoms with Crippen molar-refractivity contribution in [1.82, 2.24) is 4.90 Å². The van der Waals surface area contributed by atoms with Gasteiger partial charge in [-0.3, -0.25) is 14.4 Å². The summed E-state index contributed by atoms with van der Waals surface area (Å²) in [5.41, 5.74) is -0.838. The van der Waals surface area contributed by atoms with Gasteiger partial charge in [0.15, 0.2) is 0 Å². The second kappa shape index (κ2) is 8.92. The Bertz CT molecular complexity index is 1430. The maximum Gasteiger partial charge on any atom is 0.250 e. The minimum absolute atomic E-state index is 0.0195. The van der Waals surface area contributed by atoms with Gasteiger partial charge in [-0.2, -0.15) is 0 Å². The average molecular weight is 514 g/mol. The van der Waals surface area contributed by atoms with Crippen LogP contribution in [0.1, 0.15) is 20.3 Å². The van der Waals surface area contributed by atoms with Gasteiger partial charge in [0, 0.05) is 17.9 Å². The molecule has 38 heavy (non-hydrogen) atoms. The first-order valence-corrected chi connectivity index (χ1v) is 13.1.